The Labute approximate surface area is 81.4 Å². The SMILES string of the molecule is Cc1n[nH]c(C)c1-c1cnc(N)cn1. The predicted molar refractivity (Wildman–Crippen MR) is 53.5 cm³/mol. The van der Waals surface area contributed by atoms with Crippen LogP contribution in [0.15, 0.2) is 12.4 Å². The van der Waals surface area contributed by atoms with Gasteiger partial charge in [-0.25, -0.2) is 4.98 Å². The number of rotatable bonds is 1. The van der Waals surface area contributed by atoms with Gasteiger partial charge in [-0.05, 0) is 13.8 Å². The third-order valence-electron chi connectivity index (χ3n) is 2.06. The van der Waals surface area contributed by atoms with Crippen molar-refractivity contribution in [1.82, 2.24) is 20.2 Å². The van der Waals surface area contributed by atoms with E-state index in [2.05, 4.69) is 20.2 Å². The average Bonchev–Trinajstić information content (AvgIpc) is 2.49. The number of H-pyrrole nitrogens is 1. The lowest BCUT2D eigenvalue weighted by Gasteiger charge is -1.99. The Hall–Kier alpha value is -1.91. The minimum Gasteiger partial charge on any atom is -0.382 e. The van der Waals surface area contributed by atoms with Gasteiger partial charge < -0.3 is 5.73 Å². The van der Waals surface area contributed by atoms with Gasteiger partial charge in [-0.1, -0.05) is 0 Å². The molecule has 0 unspecified atom stereocenters. The van der Waals surface area contributed by atoms with Gasteiger partial charge in [-0.15, -0.1) is 0 Å². The highest BCUT2D eigenvalue weighted by Crippen LogP contribution is 2.22. The van der Waals surface area contributed by atoms with Crippen LogP contribution in [-0.2, 0) is 0 Å². The largest absolute Gasteiger partial charge is 0.382 e. The molecule has 0 fully saturated rings. The molecule has 0 aromatic carbocycles. The first-order valence-corrected chi connectivity index (χ1v) is 4.28. The summed E-state index contributed by atoms with van der Waals surface area (Å²) in [6, 6.07) is 0. The van der Waals surface area contributed by atoms with Crippen LogP contribution >= 0.6 is 0 Å². The van der Waals surface area contributed by atoms with Gasteiger partial charge in [0.15, 0.2) is 0 Å². The second kappa shape index (κ2) is 3.10. The van der Waals surface area contributed by atoms with Crippen LogP contribution < -0.4 is 5.73 Å². The number of anilines is 1. The fourth-order valence-corrected chi connectivity index (χ4v) is 1.40. The van der Waals surface area contributed by atoms with Crippen molar-refractivity contribution in [3.8, 4) is 11.3 Å². The number of hydrogen-bond acceptors (Lipinski definition) is 4. The normalized spacial score (nSPS) is 10.4. The van der Waals surface area contributed by atoms with E-state index in [0.717, 1.165) is 22.6 Å². The van der Waals surface area contributed by atoms with Gasteiger partial charge in [-0.3, -0.25) is 10.1 Å². The Morgan fingerprint density at radius 3 is 2.50 bits per heavy atom. The van der Waals surface area contributed by atoms with Crippen molar-refractivity contribution in [2.75, 3.05) is 5.73 Å². The number of nitrogen functional groups attached to an aromatic ring is 1. The number of nitrogens with one attached hydrogen (secondary N) is 1. The fourth-order valence-electron chi connectivity index (χ4n) is 1.40. The lowest BCUT2D eigenvalue weighted by molar-refractivity contribution is 1.02. The smallest absolute Gasteiger partial charge is 0.141 e. The van der Waals surface area contributed by atoms with Crippen LogP contribution in [0.2, 0.25) is 0 Å². The van der Waals surface area contributed by atoms with Crippen LogP contribution in [0.1, 0.15) is 11.4 Å². The van der Waals surface area contributed by atoms with Crippen molar-refractivity contribution in [3.05, 3.63) is 23.8 Å². The van der Waals surface area contributed by atoms with Crippen LogP contribution in [0, 0.1) is 13.8 Å². The van der Waals surface area contributed by atoms with Gasteiger partial charge in [0.1, 0.15) is 5.82 Å². The molecule has 0 atom stereocenters. The van der Waals surface area contributed by atoms with E-state index in [-0.39, 0.29) is 0 Å². The lowest BCUT2D eigenvalue weighted by atomic mass is 10.1. The third-order valence-corrected chi connectivity index (χ3v) is 2.06. The maximum Gasteiger partial charge on any atom is 0.141 e. The molecule has 0 aliphatic rings. The Balaban J connectivity index is 2.54. The van der Waals surface area contributed by atoms with Gasteiger partial charge in [0.2, 0.25) is 0 Å². The molecule has 0 aliphatic heterocycles. The van der Waals surface area contributed by atoms with Crippen molar-refractivity contribution in [1.29, 1.82) is 0 Å². The van der Waals surface area contributed by atoms with Crippen molar-refractivity contribution >= 4 is 5.82 Å². The van der Waals surface area contributed by atoms with Gasteiger partial charge in [0.05, 0.1) is 23.8 Å². The molecule has 14 heavy (non-hydrogen) atoms. The predicted octanol–water partition coefficient (Wildman–Crippen LogP) is 1.07. The summed E-state index contributed by atoms with van der Waals surface area (Å²) in [4.78, 5) is 8.19. The summed E-state index contributed by atoms with van der Waals surface area (Å²) in [6.45, 7) is 3.88. The molecule has 3 N–H and O–H groups in total. The highest BCUT2D eigenvalue weighted by Gasteiger charge is 2.09. The molecule has 0 saturated heterocycles. The van der Waals surface area contributed by atoms with Crippen molar-refractivity contribution in [2.45, 2.75) is 13.8 Å². The molecule has 2 heterocycles. The lowest BCUT2D eigenvalue weighted by Crippen LogP contribution is -1.93. The molecule has 2 rings (SSSR count). The molecular formula is C9H11N5. The number of aromatic amines is 1. The maximum atomic E-state index is 5.46. The van der Waals surface area contributed by atoms with E-state index in [4.69, 9.17) is 5.73 Å². The van der Waals surface area contributed by atoms with Gasteiger partial charge in [0, 0.05) is 11.3 Å². The summed E-state index contributed by atoms with van der Waals surface area (Å²) in [5.74, 6) is 0.424. The molecular weight excluding hydrogens is 178 g/mol. The number of nitrogens with zero attached hydrogens (tertiary/aromatic N) is 3. The summed E-state index contributed by atoms with van der Waals surface area (Å²) in [6.07, 6.45) is 3.20. The summed E-state index contributed by atoms with van der Waals surface area (Å²) < 4.78 is 0. The zero-order valence-electron chi connectivity index (χ0n) is 8.07. The highest BCUT2D eigenvalue weighted by molar-refractivity contribution is 5.63. The van der Waals surface area contributed by atoms with Crippen molar-refractivity contribution in [2.24, 2.45) is 0 Å². The van der Waals surface area contributed by atoms with Gasteiger partial charge in [0.25, 0.3) is 0 Å². The minimum atomic E-state index is 0.424. The first-order chi connectivity index (χ1) is 6.68. The molecule has 5 nitrogen and oxygen atoms in total. The monoisotopic (exact) mass is 189 g/mol. The third kappa shape index (κ3) is 1.32. The van der Waals surface area contributed by atoms with E-state index in [0.29, 0.717) is 5.82 Å². The Bertz CT molecular complexity index is 423. The Kier molecular flexibility index (Phi) is 1.92. The van der Waals surface area contributed by atoms with Crippen LogP contribution in [0.3, 0.4) is 0 Å². The van der Waals surface area contributed by atoms with E-state index >= 15 is 0 Å². The molecule has 0 radical (unpaired) electrons. The Morgan fingerprint density at radius 2 is 2.00 bits per heavy atom. The topological polar surface area (TPSA) is 80.5 Å². The zero-order valence-corrected chi connectivity index (χ0v) is 8.07. The molecule has 0 spiro atoms. The number of hydrogen-bond donors (Lipinski definition) is 2. The fraction of sp³-hybridized carbons (Fsp3) is 0.222. The Morgan fingerprint density at radius 1 is 1.21 bits per heavy atom. The molecule has 2 aromatic rings. The van der Waals surface area contributed by atoms with E-state index in [1.54, 1.807) is 12.4 Å². The van der Waals surface area contributed by atoms with Crippen molar-refractivity contribution < 1.29 is 0 Å². The molecule has 0 saturated carbocycles. The van der Waals surface area contributed by atoms with Gasteiger partial charge >= 0.3 is 0 Å². The zero-order chi connectivity index (χ0) is 10.1. The average molecular weight is 189 g/mol. The molecule has 0 amide bonds. The minimum absolute atomic E-state index is 0.424. The van der Waals surface area contributed by atoms with E-state index in [9.17, 15) is 0 Å². The van der Waals surface area contributed by atoms with Crippen molar-refractivity contribution in [3.63, 3.8) is 0 Å². The second-order valence-corrected chi connectivity index (χ2v) is 3.14. The molecule has 5 heteroatoms. The number of aromatic nitrogens is 4. The molecule has 0 bridgehead atoms. The summed E-state index contributed by atoms with van der Waals surface area (Å²) >= 11 is 0. The maximum absolute atomic E-state index is 5.46. The van der Waals surface area contributed by atoms with Crippen LogP contribution in [0.4, 0.5) is 5.82 Å². The standard InChI is InChI=1S/C9H11N5/c1-5-9(6(2)14-13-5)7-3-12-8(10)4-11-7/h3-4H,1-2H3,(H2,10,12)(H,13,14). The van der Waals surface area contributed by atoms with Gasteiger partial charge in [-0.2, -0.15) is 5.10 Å². The van der Waals surface area contributed by atoms with Crippen LogP contribution in [0.25, 0.3) is 11.3 Å². The molecule has 72 valence electrons. The number of aryl methyl sites for hydroxylation is 2. The molecule has 0 aliphatic carbocycles. The quantitative estimate of drug-likeness (QED) is 0.703. The van der Waals surface area contributed by atoms with E-state index in [1.807, 2.05) is 13.8 Å². The first kappa shape index (κ1) is 8.68. The van der Waals surface area contributed by atoms with E-state index in [1.165, 1.54) is 0 Å². The highest BCUT2D eigenvalue weighted by atomic mass is 15.1. The number of nitrogens with two attached hydrogens (primary N) is 1. The first-order valence-electron chi connectivity index (χ1n) is 4.28. The van der Waals surface area contributed by atoms with Crippen LogP contribution in [0.5, 0.6) is 0 Å². The molecule has 2 aromatic heterocycles. The van der Waals surface area contributed by atoms with E-state index < -0.39 is 0 Å². The van der Waals surface area contributed by atoms with Crippen LogP contribution in [-0.4, -0.2) is 20.2 Å². The summed E-state index contributed by atoms with van der Waals surface area (Å²) in [5.41, 5.74) is 9.16. The summed E-state index contributed by atoms with van der Waals surface area (Å²) in [7, 11) is 0. The summed E-state index contributed by atoms with van der Waals surface area (Å²) in [5, 5.41) is 6.99. The second-order valence-electron chi connectivity index (χ2n) is 3.14.